The summed E-state index contributed by atoms with van der Waals surface area (Å²) in [6.07, 6.45) is 2.03. The Morgan fingerprint density at radius 1 is 0.953 bits per heavy atom. The predicted octanol–water partition coefficient (Wildman–Crippen LogP) is 5.49. The molecule has 4 heterocycles. The van der Waals surface area contributed by atoms with E-state index in [2.05, 4.69) is 25.3 Å². The average molecular weight is 593 g/mol. The molecule has 0 bridgehead atoms. The SMILES string of the molecule is Cc1nc2c(F)cc(-c3nc(Nc4ccc(C(=O)N5CCN(C(=O)OC(C)(C)C)CC5)cn4)ncc3F)cc2n1C(C)C. The summed E-state index contributed by atoms with van der Waals surface area (Å²) in [6, 6.07) is 6.10. The second-order valence-electron chi connectivity index (χ2n) is 11.7. The van der Waals surface area contributed by atoms with Crippen LogP contribution in [0.25, 0.3) is 22.3 Å². The summed E-state index contributed by atoms with van der Waals surface area (Å²) in [5.74, 6) is -0.457. The van der Waals surface area contributed by atoms with Crippen LogP contribution in [-0.4, -0.2) is 78.1 Å². The van der Waals surface area contributed by atoms with Crippen molar-refractivity contribution in [2.75, 3.05) is 31.5 Å². The minimum Gasteiger partial charge on any atom is -0.444 e. The van der Waals surface area contributed by atoms with Gasteiger partial charge in [-0.1, -0.05) is 0 Å². The van der Waals surface area contributed by atoms with E-state index < -0.39 is 23.3 Å². The van der Waals surface area contributed by atoms with Crippen molar-refractivity contribution in [3.63, 3.8) is 0 Å². The molecule has 5 rings (SSSR count). The van der Waals surface area contributed by atoms with Crippen LogP contribution in [0.2, 0.25) is 0 Å². The number of rotatable bonds is 5. The number of nitrogens with one attached hydrogen (secondary N) is 1. The quantitative estimate of drug-likeness (QED) is 0.323. The third-order valence-corrected chi connectivity index (χ3v) is 6.93. The Morgan fingerprint density at radius 2 is 1.65 bits per heavy atom. The molecule has 1 aromatic carbocycles. The number of amides is 2. The molecular weight excluding hydrogens is 558 g/mol. The van der Waals surface area contributed by atoms with E-state index in [1.54, 1.807) is 34.9 Å². The molecule has 0 aliphatic carbocycles. The lowest BCUT2D eigenvalue weighted by Crippen LogP contribution is -2.51. The number of nitrogens with zero attached hydrogens (tertiary/aromatic N) is 7. The lowest BCUT2D eigenvalue weighted by Gasteiger charge is -2.35. The molecular formula is C30H34F2N8O3. The molecule has 0 spiro atoms. The van der Waals surface area contributed by atoms with Gasteiger partial charge in [-0.2, -0.15) is 0 Å². The summed E-state index contributed by atoms with van der Waals surface area (Å²) >= 11 is 0. The summed E-state index contributed by atoms with van der Waals surface area (Å²) in [7, 11) is 0. The minimum absolute atomic E-state index is 0.0230. The van der Waals surface area contributed by atoms with Gasteiger partial charge < -0.3 is 24.4 Å². The highest BCUT2D eigenvalue weighted by Crippen LogP contribution is 2.30. The topological polar surface area (TPSA) is 118 Å². The maximum atomic E-state index is 15.0. The molecule has 4 aromatic rings. The van der Waals surface area contributed by atoms with E-state index in [-0.39, 0.29) is 34.7 Å². The largest absolute Gasteiger partial charge is 0.444 e. The lowest BCUT2D eigenvalue weighted by atomic mass is 10.1. The van der Waals surface area contributed by atoms with Crippen LogP contribution < -0.4 is 5.32 Å². The van der Waals surface area contributed by atoms with Crippen LogP contribution in [0.4, 0.5) is 25.3 Å². The Hall–Kier alpha value is -4.68. The van der Waals surface area contributed by atoms with Crippen LogP contribution in [0.15, 0.2) is 36.7 Å². The van der Waals surface area contributed by atoms with E-state index >= 15 is 0 Å². The highest BCUT2D eigenvalue weighted by atomic mass is 19.1. The number of hydrogen-bond acceptors (Lipinski definition) is 8. The first-order valence-corrected chi connectivity index (χ1v) is 14.0. The molecule has 13 heteroatoms. The Labute approximate surface area is 247 Å². The number of hydrogen-bond donors (Lipinski definition) is 1. The Kier molecular flexibility index (Phi) is 8.00. The fourth-order valence-electron chi connectivity index (χ4n) is 5.00. The normalized spacial score (nSPS) is 14.0. The van der Waals surface area contributed by atoms with E-state index in [4.69, 9.17) is 4.74 Å². The number of ether oxygens (including phenoxy) is 1. The van der Waals surface area contributed by atoms with Crippen molar-refractivity contribution in [3.05, 3.63) is 59.7 Å². The Morgan fingerprint density at radius 3 is 2.28 bits per heavy atom. The van der Waals surface area contributed by atoms with Crippen molar-refractivity contribution in [2.24, 2.45) is 0 Å². The fraction of sp³-hybridized carbons (Fsp3) is 0.400. The van der Waals surface area contributed by atoms with Gasteiger partial charge in [0.1, 0.15) is 28.5 Å². The molecule has 1 saturated heterocycles. The van der Waals surface area contributed by atoms with Gasteiger partial charge in [-0.3, -0.25) is 4.79 Å². The van der Waals surface area contributed by atoms with Crippen molar-refractivity contribution >= 4 is 34.8 Å². The molecule has 0 unspecified atom stereocenters. The van der Waals surface area contributed by atoms with Crippen LogP contribution in [0, 0.1) is 18.6 Å². The fourth-order valence-corrected chi connectivity index (χ4v) is 5.00. The molecule has 1 aliphatic rings. The third kappa shape index (κ3) is 6.40. The number of aryl methyl sites for hydroxylation is 1. The van der Waals surface area contributed by atoms with Gasteiger partial charge in [0.2, 0.25) is 5.95 Å². The number of halogens is 2. The van der Waals surface area contributed by atoms with E-state index in [1.807, 2.05) is 39.2 Å². The Balaban J connectivity index is 1.28. The van der Waals surface area contributed by atoms with Crippen molar-refractivity contribution in [1.29, 1.82) is 0 Å². The van der Waals surface area contributed by atoms with Gasteiger partial charge in [0.25, 0.3) is 5.91 Å². The summed E-state index contributed by atoms with van der Waals surface area (Å²) < 4.78 is 37.2. The summed E-state index contributed by atoms with van der Waals surface area (Å²) in [5.41, 5.74) is 0.711. The second-order valence-corrected chi connectivity index (χ2v) is 11.7. The number of anilines is 2. The van der Waals surface area contributed by atoms with E-state index in [1.165, 1.54) is 12.3 Å². The minimum atomic E-state index is -0.711. The molecule has 1 fully saturated rings. The van der Waals surface area contributed by atoms with Crippen molar-refractivity contribution in [3.8, 4) is 11.3 Å². The molecule has 11 nitrogen and oxygen atoms in total. The molecule has 0 radical (unpaired) electrons. The maximum Gasteiger partial charge on any atom is 0.410 e. The summed E-state index contributed by atoms with van der Waals surface area (Å²) in [5, 5.41) is 2.92. The zero-order valence-electron chi connectivity index (χ0n) is 25.0. The van der Waals surface area contributed by atoms with E-state index in [0.29, 0.717) is 48.9 Å². The van der Waals surface area contributed by atoms with E-state index in [0.717, 1.165) is 6.20 Å². The van der Waals surface area contributed by atoms with Gasteiger partial charge in [-0.05, 0) is 65.8 Å². The van der Waals surface area contributed by atoms with Gasteiger partial charge in [-0.25, -0.2) is 33.5 Å². The van der Waals surface area contributed by atoms with Crippen molar-refractivity contribution < 1.29 is 23.1 Å². The highest BCUT2D eigenvalue weighted by Gasteiger charge is 2.28. The van der Waals surface area contributed by atoms with Gasteiger partial charge in [0.05, 0.1) is 17.3 Å². The second kappa shape index (κ2) is 11.5. The molecule has 226 valence electrons. The van der Waals surface area contributed by atoms with Crippen LogP contribution in [0.5, 0.6) is 0 Å². The van der Waals surface area contributed by atoms with Gasteiger partial charge in [-0.15, -0.1) is 0 Å². The van der Waals surface area contributed by atoms with Gasteiger partial charge >= 0.3 is 6.09 Å². The predicted molar refractivity (Wildman–Crippen MR) is 157 cm³/mol. The lowest BCUT2D eigenvalue weighted by molar-refractivity contribution is 0.0141. The number of pyridine rings is 1. The molecule has 1 N–H and O–H groups in total. The molecule has 1 aliphatic heterocycles. The van der Waals surface area contributed by atoms with Crippen molar-refractivity contribution in [2.45, 2.75) is 53.2 Å². The number of fused-ring (bicyclic) bond motifs is 1. The van der Waals surface area contributed by atoms with Crippen LogP contribution in [-0.2, 0) is 4.74 Å². The number of carbonyl (C=O) groups excluding carboxylic acids is 2. The number of benzene rings is 1. The number of imidazole rings is 1. The maximum absolute atomic E-state index is 15.0. The molecule has 3 aromatic heterocycles. The monoisotopic (exact) mass is 592 g/mol. The first-order valence-electron chi connectivity index (χ1n) is 14.0. The van der Waals surface area contributed by atoms with E-state index in [9.17, 15) is 18.4 Å². The number of piperazine rings is 1. The Bertz CT molecular complexity index is 1670. The zero-order valence-corrected chi connectivity index (χ0v) is 25.0. The molecule has 0 atom stereocenters. The standard InChI is InChI=1S/C30H34F2N8O3/c1-17(2)40-18(3)35-26-21(31)13-20(14-23(26)40)25-22(32)16-34-28(37-25)36-24-8-7-19(15-33-24)27(41)38-9-11-39(12-10-38)29(42)43-30(4,5)6/h7-8,13-17H,9-12H2,1-6H3,(H,33,34,36,37). The average Bonchev–Trinajstić information content (AvgIpc) is 3.30. The van der Waals surface area contributed by atoms with Crippen LogP contribution >= 0.6 is 0 Å². The third-order valence-electron chi connectivity index (χ3n) is 6.93. The van der Waals surface area contributed by atoms with Gasteiger partial charge in [0.15, 0.2) is 11.6 Å². The summed E-state index contributed by atoms with van der Waals surface area (Å²) in [6.45, 7) is 12.6. The smallest absolute Gasteiger partial charge is 0.410 e. The highest BCUT2D eigenvalue weighted by molar-refractivity contribution is 5.94. The van der Waals surface area contributed by atoms with Crippen LogP contribution in [0.3, 0.4) is 0 Å². The molecule has 0 saturated carbocycles. The summed E-state index contributed by atoms with van der Waals surface area (Å²) in [4.78, 5) is 45.5. The van der Waals surface area contributed by atoms with Gasteiger partial charge in [0, 0.05) is 44.0 Å². The van der Waals surface area contributed by atoms with Crippen molar-refractivity contribution in [1.82, 2.24) is 34.3 Å². The first-order chi connectivity index (χ1) is 20.3. The van der Waals surface area contributed by atoms with Crippen LogP contribution in [0.1, 0.15) is 56.8 Å². The molecule has 2 amide bonds. The zero-order chi connectivity index (χ0) is 31.1. The first kappa shape index (κ1) is 29.8. The number of aromatic nitrogens is 5. The molecule has 43 heavy (non-hydrogen) atoms. The number of carbonyl (C=O) groups is 2.